The zero-order valence-corrected chi connectivity index (χ0v) is 17.5. The Balaban J connectivity index is 1.69. The van der Waals surface area contributed by atoms with Crippen LogP contribution < -0.4 is 0 Å². The molecule has 0 amide bonds. The highest BCUT2D eigenvalue weighted by Gasteiger charge is 2.16. The van der Waals surface area contributed by atoms with Gasteiger partial charge in [0.05, 0.1) is 0 Å². The van der Waals surface area contributed by atoms with Gasteiger partial charge in [0, 0.05) is 28.9 Å². The monoisotopic (exact) mass is 414 g/mol. The molecule has 0 aliphatic carbocycles. The Morgan fingerprint density at radius 2 is 1.35 bits per heavy atom. The van der Waals surface area contributed by atoms with E-state index >= 15 is 0 Å². The van der Waals surface area contributed by atoms with E-state index in [4.69, 9.17) is 0 Å². The van der Waals surface area contributed by atoms with Crippen molar-refractivity contribution in [1.29, 1.82) is 0 Å². The first kappa shape index (κ1) is 18.1. The lowest BCUT2D eigenvalue weighted by molar-refractivity contribution is 1.13. The third-order valence-electron chi connectivity index (χ3n) is 5.66. The molecule has 2 nitrogen and oxygen atoms in total. The number of fused-ring (bicyclic) bond motifs is 3. The first-order valence-electron chi connectivity index (χ1n) is 10.2. The molecule has 146 valence electrons. The fourth-order valence-corrected chi connectivity index (χ4v) is 5.30. The molecule has 0 unspecified atom stereocenters. The van der Waals surface area contributed by atoms with Crippen LogP contribution in [0.5, 0.6) is 0 Å². The SMILES string of the molecule is c1ccc(Sc2c3ccccc3c(-c3ccc4ccccc4c3)c3cnccc23)nc1. The minimum absolute atomic E-state index is 0.990. The average molecular weight is 415 g/mol. The van der Waals surface area contributed by atoms with Gasteiger partial charge < -0.3 is 0 Å². The van der Waals surface area contributed by atoms with Crippen molar-refractivity contribution in [2.45, 2.75) is 9.92 Å². The molecule has 31 heavy (non-hydrogen) atoms. The smallest absolute Gasteiger partial charge is 0.101 e. The molecule has 0 saturated carbocycles. The maximum absolute atomic E-state index is 4.55. The summed E-state index contributed by atoms with van der Waals surface area (Å²) >= 11 is 1.71. The largest absolute Gasteiger partial charge is 0.264 e. The highest BCUT2D eigenvalue weighted by atomic mass is 32.2. The van der Waals surface area contributed by atoms with Gasteiger partial charge in [-0.3, -0.25) is 4.98 Å². The van der Waals surface area contributed by atoms with Crippen LogP contribution >= 0.6 is 11.8 Å². The Kier molecular flexibility index (Phi) is 4.40. The van der Waals surface area contributed by atoms with E-state index in [9.17, 15) is 0 Å². The molecule has 0 N–H and O–H groups in total. The molecule has 2 aromatic heterocycles. The van der Waals surface area contributed by atoms with Gasteiger partial charge in [-0.2, -0.15) is 0 Å². The topological polar surface area (TPSA) is 25.8 Å². The molecule has 0 fully saturated rings. The van der Waals surface area contributed by atoms with Crippen LogP contribution in [-0.4, -0.2) is 9.97 Å². The lowest BCUT2D eigenvalue weighted by Crippen LogP contribution is -1.91. The Labute approximate surface area is 184 Å². The van der Waals surface area contributed by atoms with Crippen LogP contribution in [0.15, 0.2) is 120 Å². The summed E-state index contributed by atoms with van der Waals surface area (Å²) < 4.78 is 0. The summed E-state index contributed by atoms with van der Waals surface area (Å²) in [6.45, 7) is 0. The summed E-state index contributed by atoms with van der Waals surface area (Å²) in [4.78, 5) is 10.3. The highest BCUT2D eigenvalue weighted by Crippen LogP contribution is 2.44. The molecular formula is C28H18N2S. The van der Waals surface area contributed by atoms with E-state index < -0.39 is 0 Å². The lowest BCUT2D eigenvalue weighted by atomic mass is 9.92. The van der Waals surface area contributed by atoms with Crippen molar-refractivity contribution in [1.82, 2.24) is 9.97 Å². The van der Waals surface area contributed by atoms with E-state index in [0.717, 1.165) is 10.4 Å². The fourth-order valence-electron chi connectivity index (χ4n) is 4.26. The maximum Gasteiger partial charge on any atom is 0.101 e. The molecule has 0 aliphatic rings. The van der Waals surface area contributed by atoms with Crippen LogP contribution in [0.2, 0.25) is 0 Å². The van der Waals surface area contributed by atoms with Crippen molar-refractivity contribution in [2.24, 2.45) is 0 Å². The molecule has 0 atom stereocenters. The van der Waals surface area contributed by atoms with E-state index in [1.54, 1.807) is 11.8 Å². The van der Waals surface area contributed by atoms with Crippen molar-refractivity contribution in [3.63, 3.8) is 0 Å². The van der Waals surface area contributed by atoms with Crippen LogP contribution in [0, 0.1) is 0 Å². The quantitative estimate of drug-likeness (QED) is 0.277. The van der Waals surface area contributed by atoms with E-state index in [1.807, 2.05) is 30.7 Å². The Morgan fingerprint density at radius 1 is 0.581 bits per heavy atom. The molecule has 0 saturated heterocycles. The molecule has 4 aromatic carbocycles. The number of hydrogen-bond acceptors (Lipinski definition) is 3. The Bertz CT molecular complexity index is 1500. The van der Waals surface area contributed by atoms with Gasteiger partial charge in [0.15, 0.2) is 0 Å². The molecule has 0 bridgehead atoms. The standard InChI is InChI=1S/C28H18N2S/c1-2-8-20-17-21(13-12-19(20)7-1)27-22-9-3-4-10-23(22)28(24-14-16-29-18-25(24)27)31-26-11-5-6-15-30-26/h1-18H. The summed E-state index contributed by atoms with van der Waals surface area (Å²) in [5, 5.41) is 8.32. The second kappa shape index (κ2) is 7.53. The Morgan fingerprint density at radius 3 is 2.23 bits per heavy atom. The Hall–Kier alpha value is -3.69. The minimum Gasteiger partial charge on any atom is -0.264 e. The van der Waals surface area contributed by atoms with Gasteiger partial charge in [-0.05, 0) is 62.3 Å². The highest BCUT2D eigenvalue weighted by molar-refractivity contribution is 7.99. The predicted molar refractivity (Wildman–Crippen MR) is 131 cm³/mol. The van der Waals surface area contributed by atoms with Gasteiger partial charge in [-0.15, -0.1) is 0 Å². The normalized spacial score (nSPS) is 11.4. The summed E-state index contributed by atoms with van der Waals surface area (Å²) in [7, 11) is 0. The van der Waals surface area contributed by atoms with Crippen LogP contribution in [0.25, 0.3) is 43.4 Å². The van der Waals surface area contributed by atoms with E-state index in [1.165, 1.54) is 43.0 Å². The van der Waals surface area contributed by atoms with Crippen molar-refractivity contribution < 1.29 is 0 Å². The molecular weight excluding hydrogens is 396 g/mol. The summed E-state index contributed by atoms with van der Waals surface area (Å²) in [5.74, 6) is 0. The van der Waals surface area contributed by atoms with Gasteiger partial charge in [-0.25, -0.2) is 4.98 Å². The van der Waals surface area contributed by atoms with Crippen molar-refractivity contribution in [2.75, 3.05) is 0 Å². The number of hydrogen-bond donors (Lipinski definition) is 0. The van der Waals surface area contributed by atoms with Gasteiger partial charge in [-0.1, -0.05) is 78.5 Å². The third kappa shape index (κ3) is 3.15. The van der Waals surface area contributed by atoms with Crippen molar-refractivity contribution >= 4 is 44.1 Å². The average Bonchev–Trinajstić information content (AvgIpc) is 2.84. The van der Waals surface area contributed by atoms with Gasteiger partial charge in [0.25, 0.3) is 0 Å². The zero-order valence-electron chi connectivity index (χ0n) is 16.7. The van der Waals surface area contributed by atoms with E-state index in [-0.39, 0.29) is 0 Å². The van der Waals surface area contributed by atoms with Crippen LogP contribution in [-0.2, 0) is 0 Å². The molecule has 2 heterocycles. The van der Waals surface area contributed by atoms with E-state index in [2.05, 4.69) is 88.8 Å². The zero-order chi connectivity index (χ0) is 20.6. The second-order valence-corrected chi connectivity index (χ2v) is 8.53. The fraction of sp³-hybridized carbons (Fsp3) is 0. The first-order chi connectivity index (χ1) is 15.4. The van der Waals surface area contributed by atoms with Crippen molar-refractivity contribution in [3.05, 3.63) is 110 Å². The maximum atomic E-state index is 4.55. The second-order valence-electron chi connectivity index (χ2n) is 7.50. The molecule has 0 radical (unpaired) electrons. The number of nitrogens with zero attached hydrogens (tertiary/aromatic N) is 2. The lowest BCUT2D eigenvalue weighted by Gasteiger charge is -2.16. The summed E-state index contributed by atoms with van der Waals surface area (Å²) in [6, 6.07) is 32.0. The summed E-state index contributed by atoms with van der Waals surface area (Å²) in [5.41, 5.74) is 2.44. The molecule has 0 spiro atoms. The molecule has 3 heteroatoms. The van der Waals surface area contributed by atoms with Crippen molar-refractivity contribution in [3.8, 4) is 11.1 Å². The number of rotatable bonds is 3. The number of aromatic nitrogens is 2. The van der Waals surface area contributed by atoms with E-state index in [0.29, 0.717) is 0 Å². The van der Waals surface area contributed by atoms with Gasteiger partial charge >= 0.3 is 0 Å². The van der Waals surface area contributed by atoms with Gasteiger partial charge in [0.2, 0.25) is 0 Å². The van der Waals surface area contributed by atoms with Crippen LogP contribution in [0.4, 0.5) is 0 Å². The summed E-state index contributed by atoms with van der Waals surface area (Å²) in [6.07, 6.45) is 5.72. The van der Waals surface area contributed by atoms with Gasteiger partial charge in [0.1, 0.15) is 5.03 Å². The molecule has 0 aliphatic heterocycles. The number of pyridine rings is 2. The third-order valence-corrected chi connectivity index (χ3v) is 6.75. The number of benzene rings is 4. The molecule has 6 rings (SSSR count). The predicted octanol–water partition coefficient (Wildman–Crippen LogP) is 7.75. The minimum atomic E-state index is 0.990. The van der Waals surface area contributed by atoms with Crippen LogP contribution in [0.1, 0.15) is 0 Å². The first-order valence-corrected chi connectivity index (χ1v) is 11.1. The van der Waals surface area contributed by atoms with Crippen LogP contribution in [0.3, 0.4) is 0 Å². The molecule has 6 aromatic rings.